The molecule has 0 spiro atoms. The van der Waals surface area contributed by atoms with E-state index in [1.165, 1.54) is 6.07 Å². The lowest BCUT2D eigenvalue weighted by Crippen LogP contribution is -2.38. The van der Waals surface area contributed by atoms with Crippen LogP contribution in [0.25, 0.3) is 5.82 Å². The van der Waals surface area contributed by atoms with Crippen LogP contribution in [0.15, 0.2) is 70.9 Å². The molecule has 0 radical (unpaired) electrons. The van der Waals surface area contributed by atoms with E-state index in [0.717, 1.165) is 5.56 Å². The Balaban J connectivity index is 1.48. The number of amides is 1. The Kier molecular flexibility index (Phi) is 5.55. The van der Waals surface area contributed by atoms with Gasteiger partial charge < -0.3 is 5.32 Å². The maximum absolute atomic E-state index is 12.8. The zero-order valence-electron chi connectivity index (χ0n) is 17.1. The van der Waals surface area contributed by atoms with E-state index in [1.807, 2.05) is 32.0 Å². The van der Waals surface area contributed by atoms with Crippen molar-refractivity contribution in [3.63, 3.8) is 0 Å². The standard InChI is InChI=1S/C21H22N6O3S/c1-14(2)19(25-20-16-6-3-4-7-17(16)31(29,30)26-20)21(28)23-13-15-8-9-18(22-12-15)27-11-5-10-24-27/h3-12,14,19H,13H2,1-2H3,(H,23,28)(H,25,26)/t19-/m0/s1. The fourth-order valence-corrected chi connectivity index (χ4v) is 4.47. The summed E-state index contributed by atoms with van der Waals surface area (Å²) in [4.78, 5) is 21.8. The predicted octanol–water partition coefficient (Wildman–Crippen LogP) is 1.65. The van der Waals surface area contributed by atoms with Crippen molar-refractivity contribution in [3.05, 3.63) is 72.2 Å². The van der Waals surface area contributed by atoms with E-state index in [2.05, 4.69) is 25.1 Å². The van der Waals surface area contributed by atoms with Gasteiger partial charge in [0, 0.05) is 30.7 Å². The number of hydrogen-bond acceptors (Lipinski definition) is 6. The molecule has 1 amide bonds. The Bertz CT molecular complexity index is 1220. The Labute approximate surface area is 180 Å². The van der Waals surface area contributed by atoms with Gasteiger partial charge in [-0.15, -0.1) is 0 Å². The van der Waals surface area contributed by atoms with Gasteiger partial charge in [0.05, 0.1) is 4.90 Å². The number of nitrogens with zero attached hydrogens (tertiary/aromatic N) is 4. The number of hydrogen-bond donors (Lipinski definition) is 2. The number of fused-ring (bicyclic) bond motifs is 1. The van der Waals surface area contributed by atoms with Crippen LogP contribution < -0.4 is 10.0 Å². The van der Waals surface area contributed by atoms with Crippen molar-refractivity contribution in [2.75, 3.05) is 0 Å². The van der Waals surface area contributed by atoms with Gasteiger partial charge in [-0.1, -0.05) is 32.0 Å². The molecular weight excluding hydrogens is 416 g/mol. The summed E-state index contributed by atoms with van der Waals surface area (Å²) in [6.07, 6.45) is 5.15. The SMILES string of the molecule is CC(C)[C@H](N=C1NS(=O)(=O)c2ccccc21)C(=O)NCc1ccc(-n2cccn2)nc1. The number of nitrogens with one attached hydrogen (secondary N) is 2. The molecule has 3 aromatic rings. The molecule has 0 bridgehead atoms. The molecule has 2 aromatic heterocycles. The average Bonchev–Trinajstić information content (AvgIpc) is 3.37. The first kappa shape index (κ1) is 20.7. The first-order valence-electron chi connectivity index (χ1n) is 9.78. The van der Waals surface area contributed by atoms with Crippen LogP contribution >= 0.6 is 0 Å². The van der Waals surface area contributed by atoms with Gasteiger partial charge in [-0.3, -0.25) is 14.5 Å². The zero-order chi connectivity index (χ0) is 22.0. The number of carbonyl (C=O) groups is 1. The molecule has 0 unspecified atom stereocenters. The third-order valence-corrected chi connectivity index (χ3v) is 6.24. The van der Waals surface area contributed by atoms with Gasteiger partial charge in [0.2, 0.25) is 5.91 Å². The van der Waals surface area contributed by atoms with E-state index in [-0.39, 0.29) is 29.1 Å². The molecule has 9 nitrogen and oxygen atoms in total. The van der Waals surface area contributed by atoms with Gasteiger partial charge in [0.1, 0.15) is 11.9 Å². The quantitative estimate of drug-likeness (QED) is 0.607. The number of benzene rings is 1. The molecule has 0 saturated carbocycles. The predicted molar refractivity (Wildman–Crippen MR) is 115 cm³/mol. The maximum atomic E-state index is 12.8. The van der Waals surface area contributed by atoms with Crippen LogP contribution in [-0.2, 0) is 21.4 Å². The molecule has 1 aromatic carbocycles. The Morgan fingerprint density at radius 3 is 2.68 bits per heavy atom. The van der Waals surface area contributed by atoms with E-state index < -0.39 is 16.1 Å². The average molecular weight is 439 g/mol. The van der Waals surface area contributed by atoms with Crippen molar-refractivity contribution in [2.24, 2.45) is 10.9 Å². The summed E-state index contributed by atoms with van der Waals surface area (Å²) in [5.74, 6) is 0.445. The van der Waals surface area contributed by atoms with Crippen LogP contribution in [0.4, 0.5) is 0 Å². The lowest BCUT2D eigenvalue weighted by molar-refractivity contribution is -0.123. The van der Waals surface area contributed by atoms with Crippen LogP contribution in [-0.4, -0.2) is 41.0 Å². The van der Waals surface area contributed by atoms with E-state index in [1.54, 1.807) is 41.5 Å². The van der Waals surface area contributed by atoms with Crippen molar-refractivity contribution >= 4 is 21.8 Å². The monoisotopic (exact) mass is 438 g/mol. The minimum atomic E-state index is -3.66. The number of aliphatic imine (C=N–C) groups is 1. The second-order valence-corrected chi connectivity index (χ2v) is 9.11. The highest BCUT2D eigenvalue weighted by Crippen LogP contribution is 2.23. The number of carbonyl (C=O) groups excluding carboxylic acids is 1. The highest BCUT2D eigenvalue weighted by molar-refractivity contribution is 7.90. The van der Waals surface area contributed by atoms with Crippen molar-refractivity contribution in [2.45, 2.75) is 31.3 Å². The zero-order valence-corrected chi connectivity index (χ0v) is 17.9. The fourth-order valence-electron chi connectivity index (χ4n) is 3.23. The number of pyridine rings is 1. The molecule has 10 heteroatoms. The lowest BCUT2D eigenvalue weighted by Gasteiger charge is -2.17. The van der Waals surface area contributed by atoms with Crippen molar-refractivity contribution < 1.29 is 13.2 Å². The molecule has 1 atom stereocenters. The Morgan fingerprint density at radius 1 is 1.19 bits per heavy atom. The van der Waals surface area contributed by atoms with Crippen LogP contribution in [0.5, 0.6) is 0 Å². The second kappa shape index (κ2) is 8.31. The van der Waals surface area contributed by atoms with E-state index in [9.17, 15) is 13.2 Å². The molecule has 0 aliphatic carbocycles. The summed E-state index contributed by atoms with van der Waals surface area (Å²) < 4.78 is 28.7. The van der Waals surface area contributed by atoms with Crippen LogP contribution in [0.1, 0.15) is 25.0 Å². The van der Waals surface area contributed by atoms with Gasteiger partial charge in [0.15, 0.2) is 5.82 Å². The van der Waals surface area contributed by atoms with Crippen molar-refractivity contribution in [1.29, 1.82) is 0 Å². The van der Waals surface area contributed by atoms with Gasteiger partial charge in [0.25, 0.3) is 10.0 Å². The molecule has 4 rings (SSSR count). The highest BCUT2D eigenvalue weighted by atomic mass is 32.2. The summed E-state index contributed by atoms with van der Waals surface area (Å²) in [5, 5.41) is 7.00. The normalized spacial score (nSPS) is 16.7. The number of amidine groups is 1. The summed E-state index contributed by atoms with van der Waals surface area (Å²) in [6.45, 7) is 4.01. The fraction of sp³-hybridized carbons (Fsp3) is 0.238. The molecule has 2 N–H and O–H groups in total. The second-order valence-electron chi connectivity index (χ2n) is 7.46. The third kappa shape index (κ3) is 4.33. The van der Waals surface area contributed by atoms with Gasteiger partial charge in [-0.05, 0) is 35.7 Å². The van der Waals surface area contributed by atoms with Crippen molar-refractivity contribution in [3.8, 4) is 5.82 Å². The maximum Gasteiger partial charge on any atom is 0.263 e. The molecule has 1 aliphatic heterocycles. The summed E-state index contributed by atoms with van der Waals surface area (Å²) in [7, 11) is -3.66. The Morgan fingerprint density at radius 2 is 2.00 bits per heavy atom. The number of rotatable bonds is 6. The van der Waals surface area contributed by atoms with Gasteiger partial charge in [-0.25, -0.2) is 18.1 Å². The smallest absolute Gasteiger partial charge is 0.263 e. The Hall–Kier alpha value is -3.53. The summed E-state index contributed by atoms with van der Waals surface area (Å²) in [6, 6.07) is 11.3. The van der Waals surface area contributed by atoms with E-state index >= 15 is 0 Å². The molecule has 3 heterocycles. The van der Waals surface area contributed by atoms with Crippen LogP contribution in [0.3, 0.4) is 0 Å². The molecule has 160 valence electrons. The van der Waals surface area contributed by atoms with Crippen LogP contribution in [0.2, 0.25) is 0 Å². The summed E-state index contributed by atoms with van der Waals surface area (Å²) >= 11 is 0. The number of aromatic nitrogens is 3. The minimum absolute atomic E-state index is 0.134. The highest BCUT2D eigenvalue weighted by Gasteiger charge is 2.32. The van der Waals surface area contributed by atoms with Crippen molar-refractivity contribution in [1.82, 2.24) is 24.8 Å². The molecular formula is C21H22N6O3S. The third-order valence-electron chi connectivity index (χ3n) is 4.85. The molecule has 0 saturated heterocycles. The van der Waals surface area contributed by atoms with E-state index in [0.29, 0.717) is 11.4 Å². The first-order valence-corrected chi connectivity index (χ1v) is 11.3. The number of sulfonamides is 1. The minimum Gasteiger partial charge on any atom is -0.350 e. The topological polar surface area (TPSA) is 118 Å². The molecule has 0 fully saturated rings. The van der Waals surface area contributed by atoms with E-state index in [4.69, 9.17) is 0 Å². The largest absolute Gasteiger partial charge is 0.350 e. The molecule has 1 aliphatic rings. The van der Waals surface area contributed by atoms with Gasteiger partial charge in [-0.2, -0.15) is 5.10 Å². The molecule has 31 heavy (non-hydrogen) atoms. The van der Waals surface area contributed by atoms with Gasteiger partial charge >= 0.3 is 0 Å². The van der Waals surface area contributed by atoms with Crippen LogP contribution in [0, 0.1) is 5.92 Å². The lowest BCUT2D eigenvalue weighted by atomic mass is 10.0. The first-order chi connectivity index (χ1) is 14.8. The summed E-state index contributed by atoms with van der Waals surface area (Å²) in [5.41, 5.74) is 1.30.